The Hall–Kier alpha value is -2.40. The van der Waals surface area contributed by atoms with E-state index in [4.69, 9.17) is 0 Å². The van der Waals surface area contributed by atoms with Crippen molar-refractivity contribution in [3.63, 3.8) is 0 Å². The van der Waals surface area contributed by atoms with Gasteiger partial charge in [-0.15, -0.1) is 0 Å². The van der Waals surface area contributed by atoms with Crippen molar-refractivity contribution in [3.05, 3.63) is 53.1 Å². The molecule has 0 amide bonds. The van der Waals surface area contributed by atoms with E-state index in [2.05, 4.69) is 60.8 Å². The number of rotatable bonds is 6. The molecule has 3 aromatic rings. The van der Waals surface area contributed by atoms with Gasteiger partial charge < -0.3 is 10.6 Å². The van der Waals surface area contributed by atoms with Gasteiger partial charge in [0.2, 0.25) is 0 Å². The van der Waals surface area contributed by atoms with Crippen LogP contribution in [0.1, 0.15) is 44.1 Å². The molecule has 1 aromatic heterocycles. The van der Waals surface area contributed by atoms with Crippen LogP contribution < -0.4 is 15.9 Å². The molecule has 0 bridgehead atoms. The highest BCUT2D eigenvalue weighted by Crippen LogP contribution is 2.34. The van der Waals surface area contributed by atoms with Gasteiger partial charge in [0.05, 0.1) is 11.1 Å². The molecule has 8 heteroatoms. The molecular formula is C23H28F3N4P. The second kappa shape index (κ2) is 8.99. The summed E-state index contributed by atoms with van der Waals surface area (Å²) in [5.41, 5.74) is 1.27. The standard InChI is InChI=1S/C23H28F3N4P/c1-13-28-17-11-18(30-23(2,3)4)19(31(5)6)10-16(17)22(29-13)27-12-14-8-7-9-15(20(14)24)21(25)26/h7-11,21,30H,12H2,1-6H3,(H,27,28,29). The molecule has 0 fully saturated rings. The lowest BCUT2D eigenvalue weighted by molar-refractivity contribution is 0.146. The van der Waals surface area contributed by atoms with E-state index < -0.39 is 25.7 Å². The number of benzene rings is 2. The second-order valence-electron chi connectivity index (χ2n) is 8.75. The molecule has 4 nitrogen and oxygen atoms in total. The lowest BCUT2D eigenvalue weighted by Crippen LogP contribution is -2.29. The van der Waals surface area contributed by atoms with Crippen molar-refractivity contribution in [1.29, 1.82) is 0 Å². The van der Waals surface area contributed by atoms with Crippen LogP contribution >= 0.6 is 7.92 Å². The average molecular weight is 448 g/mol. The Morgan fingerprint density at radius 1 is 1.10 bits per heavy atom. The molecule has 0 radical (unpaired) electrons. The first-order valence-electron chi connectivity index (χ1n) is 10.0. The molecule has 31 heavy (non-hydrogen) atoms. The summed E-state index contributed by atoms with van der Waals surface area (Å²) in [7, 11) is -0.422. The Kier molecular flexibility index (Phi) is 6.75. The molecule has 166 valence electrons. The van der Waals surface area contributed by atoms with Crippen LogP contribution in [0.4, 0.5) is 24.7 Å². The van der Waals surface area contributed by atoms with Gasteiger partial charge in [-0.1, -0.05) is 26.1 Å². The summed E-state index contributed by atoms with van der Waals surface area (Å²) < 4.78 is 40.5. The summed E-state index contributed by atoms with van der Waals surface area (Å²) in [6.45, 7) is 12.5. The lowest BCUT2D eigenvalue weighted by Gasteiger charge is -2.26. The lowest BCUT2D eigenvalue weighted by atomic mass is 10.1. The van der Waals surface area contributed by atoms with Crippen LogP contribution in [-0.4, -0.2) is 28.8 Å². The van der Waals surface area contributed by atoms with E-state index in [0.717, 1.165) is 22.7 Å². The minimum absolute atomic E-state index is 0.0439. The Labute approximate surface area is 182 Å². The van der Waals surface area contributed by atoms with Crippen molar-refractivity contribution >= 4 is 35.6 Å². The number of anilines is 2. The van der Waals surface area contributed by atoms with Crippen LogP contribution in [0.2, 0.25) is 0 Å². The van der Waals surface area contributed by atoms with E-state index in [9.17, 15) is 13.2 Å². The van der Waals surface area contributed by atoms with Crippen molar-refractivity contribution in [1.82, 2.24) is 9.97 Å². The third-order valence-corrected chi connectivity index (χ3v) is 6.04. The average Bonchev–Trinajstić information content (AvgIpc) is 2.64. The van der Waals surface area contributed by atoms with Crippen molar-refractivity contribution in [2.24, 2.45) is 0 Å². The highest BCUT2D eigenvalue weighted by atomic mass is 31.1. The first-order valence-corrected chi connectivity index (χ1v) is 12.3. The van der Waals surface area contributed by atoms with E-state index in [0.29, 0.717) is 11.6 Å². The molecule has 2 N–H and O–H groups in total. The number of aryl methyl sites for hydroxylation is 1. The Bertz CT molecular complexity index is 1090. The van der Waals surface area contributed by atoms with Gasteiger partial charge in [0, 0.05) is 28.7 Å². The number of nitrogens with one attached hydrogen (secondary N) is 2. The predicted molar refractivity (Wildman–Crippen MR) is 125 cm³/mol. The van der Waals surface area contributed by atoms with Gasteiger partial charge in [0.15, 0.2) is 0 Å². The monoisotopic (exact) mass is 448 g/mol. The van der Waals surface area contributed by atoms with Crippen LogP contribution in [0, 0.1) is 12.7 Å². The molecule has 0 atom stereocenters. The van der Waals surface area contributed by atoms with Crippen LogP contribution in [0.3, 0.4) is 0 Å². The first kappa shape index (κ1) is 23.3. The summed E-state index contributed by atoms with van der Waals surface area (Å²) in [5.74, 6) is 0.245. The fourth-order valence-corrected chi connectivity index (χ4v) is 4.36. The quantitative estimate of drug-likeness (QED) is 0.441. The maximum absolute atomic E-state index is 14.4. The number of hydrogen-bond acceptors (Lipinski definition) is 4. The third kappa shape index (κ3) is 5.45. The Balaban J connectivity index is 2.03. The van der Waals surface area contributed by atoms with Gasteiger partial charge >= 0.3 is 0 Å². The molecule has 3 rings (SSSR count). The minimum Gasteiger partial charge on any atom is -0.380 e. The molecule has 0 aliphatic heterocycles. The van der Waals surface area contributed by atoms with Crippen molar-refractivity contribution in [2.45, 2.75) is 46.2 Å². The summed E-state index contributed by atoms with van der Waals surface area (Å²) in [5, 5.41) is 8.70. The van der Waals surface area contributed by atoms with Crippen molar-refractivity contribution in [3.8, 4) is 0 Å². The van der Waals surface area contributed by atoms with Crippen molar-refractivity contribution in [2.75, 3.05) is 24.0 Å². The molecule has 0 unspecified atom stereocenters. The summed E-state index contributed by atoms with van der Waals surface area (Å²) in [6.07, 6.45) is -2.85. The highest BCUT2D eigenvalue weighted by molar-refractivity contribution is 7.64. The largest absolute Gasteiger partial charge is 0.380 e. The van der Waals surface area contributed by atoms with Gasteiger partial charge in [-0.25, -0.2) is 23.1 Å². The molecule has 2 aromatic carbocycles. The zero-order chi connectivity index (χ0) is 22.9. The molecule has 0 saturated carbocycles. The first-order chi connectivity index (χ1) is 14.5. The van der Waals surface area contributed by atoms with E-state index in [1.54, 1.807) is 6.92 Å². The molecular weight excluding hydrogens is 420 g/mol. The number of aromatic nitrogens is 2. The third-order valence-electron chi connectivity index (χ3n) is 4.71. The van der Waals surface area contributed by atoms with Crippen LogP contribution in [-0.2, 0) is 6.54 Å². The van der Waals surface area contributed by atoms with Gasteiger partial charge in [0.25, 0.3) is 6.43 Å². The smallest absolute Gasteiger partial charge is 0.266 e. The summed E-state index contributed by atoms with van der Waals surface area (Å²) >= 11 is 0. The Morgan fingerprint density at radius 3 is 2.42 bits per heavy atom. The Morgan fingerprint density at radius 2 is 1.81 bits per heavy atom. The maximum Gasteiger partial charge on any atom is 0.266 e. The zero-order valence-electron chi connectivity index (χ0n) is 18.6. The van der Waals surface area contributed by atoms with E-state index in [1.165, 1.54) is 17.4 Å². The molecule has 0 aliphatic carbocycles. The SMILES string of the molecule is Cc1nc(NCc2cccc(C(F)F)c2F)c2cc(P(C)C)c(NC(C)(C)C)cc2n1. The number of nitrogens with zero attached hydrogens (tertiary/aromatic N) is 2. The van der Waals surface area contributed by atoms with Crippen molar-refractivity contribution < 1.29 is 13.2 Å². The number of halogens is 3. The second-order valence-corrected chi connectivity index (χ2v) is 11.0. The van der Waals surface area contributed by atoms with Gasteiger partial charge in [-0.05, 0) is 58.5 Å². The van der Waals surface area contributed by atoms with E-state index in [-0.39, 0.29) is 17.6 Å². The maximum atomic E-state index is 14.4. The fraction of sp³-hybridized carbons (Fsp3) is 0.391. The molecule has 0 spiro atoms. The van der Waals surface area contributed by atoms with Gasteiger partial charge in [-0.3, -0.25) is 0 Å². The zero-order valence-corrected chi connectivity index (χ0v) is 19.5. The van der Waals surface area contributed by atoms with E-state index >= 15 is 0 Å². The predicted octanol–water partition coefficient (Wildman–Crippen LogP) is 6.20. The highest BCUT2D eigenvalue weighted by Gasteiger charge is 2.19. The topological polar surface area (TPSA) is 49.8 Å². The van der Waals surface area contributed by atoms with Gasteiger partial charge in [-0.2, -0.15) is 0 Å². The van der Waals surface area contributed by atoms with Crippen LogP contribution in [0.15, 0.2) is 30.3 Å². The van der Waals surface area contributed by atoms with E-state index in [1.807, 2.05) is 6.07 Å². The van der Waals surface area contributed by atoms with Gasteiger partial charge in [0.1, 0.15) is 17.5 Å². The fourth-order valence-electron chi connectivity index (χ4n) is 3.37. The summed E-state index contributed by atoms with van der Waals surface area (Å²) in [4.78, 5) is 9.08. The molecule has 0 saturated heterocycles. The van der Waals surface area contributed by atoms with Crippen LogP contribution in [0.5, 0.6) is 0 Å². The normalized spacial score (nSPS) is 12.1. The minimum atomic E-state index is -2.85. The number of hydrogen-bond donors (Lipinski definition) is 2. The molecule has 0 aliphatic rings. The number of alkyl halides is 2. The molecule has 1 heterocycles. The van der Waals surface area contributed by atoms with Crippen LogP contribution in [0.25, 0.3) is 10.9 Å². The number of fused-ring (bicyclic) bond motifs is 1. The summed E-state index contributed by atoms with van der Waals surface area (Å²) in [6, 6.07) is 8.14.